The maximum atomic E-state index is 14.3. The number of aromatic amines is 1. The van der Waals surface area contributed by atoms with E-state index in [9.17, 15) is 23.5 Å². The normalized spacial score (nSPS) is 15.2. The zero-order valence-electron chi connectivity index (χ0n) is 20.9. The van der Waals surface area contributed by atoms with Gasteiger partial charge in [0.1, 0.15) is 34.4 Å². The number of carbonyl (C=O) groups is 1. The maximum Gasteiger partial charge on any atom is 0.264 e. The molecule has 4 rings (SSSR count). The van der Waals surface area contributed by atoms with Crippen LogP contribution < -0.4 is 15.0 Å². The van der Waals surface area contributed by atoms with Crippen molar-refractivity contribution in [3.05, 3.63) is 69.4 Å². The minimum absolute atomic E-state index is 0.0594. The van der Waals surface area contributed by atoms with Gasteiger partial charge in [-0.1, -0.05) is 19.4 Å². The molecule has 0 saturated carbocycles. The van der Waals surface area contributed by atoms with Crippen molar-refractivity contribution >= 4 is 5.91 Å². The Morgan fingerprint density at radius 2 is 1.92 bits per heavy atom. The monoisotopic (exact) mass is 513 g/mol. The standard InChI is InChI=1S/C27H29F2N3O5/c1-4-5-7-18-21(22-19(36-2)8-6-9-20(22)37-3)25(33)23(26(34)31-18)27(35)32-11-10-15(14-32)24-17(29)12-16(28)13-30-24/h6,8-9,12-13,15H,4-5,7,10-11,14H2,1-3H3,(H2,31,33,34). The number of pyridine rings is 2. The first-order valence-corrected chi connectivity index (χ1v) is 12.1. The molecule has 1 unspecified atom stereocenters. The highest BCUT2D eigenvalue weighted by molar-refractivity contribution is 6.00. The summed E-state index contributed by atoms with van der Waals surface area (Å²) in [6.45, 7) is 2.28. The van der Waals surface area contributed by atoms with E-state index in [-0.39, 0.29) is 24.3 Å². The van der Waals surface area contributed by atoms with Crippen molar-refractivity contribution in [2.24, 2.45) is 0 Å². The van der Waals surface area contributed by atoms with Crippen molar-refractivity contribution in [3.63, 3.8) is 0 Å². The van der Waals surface area contributed by atoms with Crippen molar-refractivity contribution < 1.29 is 28.2 Å². The molecule has 0 spiro atoms. The molecule has 2 N–H and O–H groups in total. The number of aryl methyl sites for hydroxylation is 1. The molecule has 0 aliphatic carbocycles. The van der Waals surface area contributed by atoms with Crippen LogP contribution in [0.4, 0.5) is 8.78 Å². The number of rotatable bonds is 8. The molecule has 3 heterocycles. The summed E-state index contributed by atoms with van der Waals surface area (Å²) in [4.78, 5) is 34.7. The number of aromatic nitrogens is 2. The first-order valence-electron chi connectivity index (χ1n) is 12.1. The molecule has 1 aromatic carbocycles. The van der Waals surface area contributed by atoms with Crippen molar-refractivity contribution in [1.82, 2.24) is 14.9 Å². The Balaban J connectivity index is 1.78. The van der Waals surface area contributed by atoms with Gasteiger partial charge in [0.15, 0.2) is 0 Å². The highest BCUT2D eigenvalue weighted by atomic mass is 19.1. The highest BCUT2D eigenvalue weighted by Gasteiger charge is 2.35. The predicted octanol–water partition coefficient (Wildman–Crippen LogP) is 4.41. The third-order valence-electron chi connectivity index (χ3n) is 6.64. The minimum atomic E-state index is -0.786. The van der Waals surface area contributed by atoms with Crippen LogP contribution in [0, 0.1) is 11.6 Å². The number of aromatic hydroxyl groups is 1. The number of benzene rings is 1. The van der Waals surface area contributed by atoms with E-state index in [1.54, 1.807) is 18.2 Å². The van der Waals surface area contributed by atoms with Crippen LogP contribution in [0.1, 0.15) is 53.8 Å². The minimum Gasteiger partial charge on any atom is -0.506 e. The summed E-state index contributed by atoms with van der Waals surface area (Å²) in [6.07, 6.45) is 3.33. The Hall–Kier alpha value is -3.95. The largest absolute Gasteiger partial charge is 0.506 e. The fourth-order valence-corrected chi connectivity index (χ4v) is 4.80. The SMILES string of the molecule is CCCCc1[nH]c(=O)c(C(=O)N2CCC(c3ncc(F)cc3F)C2)c(O)c1-c1c(OC)cccc1OC. The van der Waals surface area contributed by atoms with Crippen LogP contribution in [0.15, 0.2) is 35.3 Å². The molecule has 1 fully saturated rings. The number of nitrogens with one attached hydrogen (secondary N) is 1. The van der Waals surface area contributed by atoms with Crippen LogP contribution >= 0.6 is 0 Å². The fourth-order valence-electron chi connectivity index (χ4n) is 4.80. The molecule has 3 aromatic rings. The topological polar surface area (TPSA) is 105 Å². The number of ether oxygens (including phenoxy) is 2. The van der Waals surface area contributed by atoms with Gasteiger partial charge in [-0.15, -0.1) is 0 Å². The second kappa shape index (κ2) is 11.0. The van der Waals surface area contributed by atoms with Crippen molar-refractivity contribution in [2.75, 3.05) is 27.3 Å². The lowest BCUT2D eigenvalue weighted by molar-refractivity contribution is 0.0785. The highest BCUT2D eigenvalue weighted by Crippen LogP contribution is 2.45. The Morgan fingerprint density at radius 3 is 2.54 bits per heavy atom. The van der Waals surface area contributed by atoms with E-state index in [0.29, 0.717) is 35.6 Å². The second-order valence-corrected chi connectivity index (χ2v) is 8.93. The van der Waals surface area contributed by atoms with E-state index >= 15 is 0 Å². The molecule has 37 heavy (non-hydrogen) atoms. The van der Waals surface area contributed by atoms with E-state index in [1.165, 1.54) is 19.1 Å². The lowest BCUT2D eigenvalue weighted by Gasteiger charge is -2.21. The van der Waals surface area contributed by atoms with Crippen LogP contribution in [0.2, 0.25) is 0 Å². The summed E-state index contributed by atoms with van der Waals surface area (Å²) in [5, 5.41) is 11.4. The van der Waals surface area contributed by atoms with Gasteiger partial charge in [-0.25, -0.2) is 8.78 Å². The number of H-pyrrole nitrogens is 1. The van der Waals surface area contributed by atoms with Crippen LogP contribution in [-0.2, 0) is 6.42 Å². The molecular weight excluding hydrogens is 484 g/mol. The summed E-state index contributed by atoms with van der Waals surface area (Å²) in [7, 11) is 2.96. The Morgan fingerprint density at radius 1 is 1.22 bits per heavy atom. The maximum absolute atomic E-state index is 14.3. The Kier molecular flexibility index (Phi) is 7.75. The summed E-state index contributed by atoms with van der Waals surface area (Å²) in [5.41, 5.74) is 0.0490. The Labute approximate surface area is 212 Å². The number of likely N-dealkylation sites (tertiary alicyclic amines) is 1. The van der Waals surface area contributed by atoms with Crippen molar-refractivity contribution in [3.8, 4) is 28.4 Å². The van der Waals surface area contributed by atoms with Crippen LogP contribution in [0.3, 0.4) is 0 Å². The van der Waals surface area contributed by atoms with Gasteiger partial charge >= 0.3 is 0 Å². The first kappa shape index (κ1) is 26.1. The van der Waals surface area contributed by atoms with E-state index in [2.05, 4.69) is 9.97 Å². The van der Waals surface area contributed by atoms with Gasteiger partial charge in [0.25, 0.3) is 11.5 Å². The molecule has 10 heteroatoms. The number of hydrogen-bond acceptors (Lipinski definition) is 6. The molecule has 1 saturated heterocycles. The molecule has 1 amide bonds. The van der Waals surface area contributed by atoms with E-state index in [1.807, 2.05) is 6.92 Å². The van der Waals surface area contributed by atoms with Gasteiger partial charge in [-0.3, -0.25) is 14.6 Å². The first-order chi connectivity index (χ1) is 17.8. The number of methoxy groups -OCH3 is 2. The van der Waals surface area contributed by atoms with Gasteiger partial charge in [0.2, 0.25) is 0 Å². The van der Waals surface area contributed by atoms with E-state index in [0.717, 1.165) is 25.1 Å². The molecule has 1 atom stereocenters. The van der Waals surface area contributed by atoms with Gasteiger partial charge in [-0.2, -0.15) is 0 Å². The predicted molar refractivity (Wildman–Crippen MR) is 133 cm³/mol. The number of carbonyl (C=O) groups excluding carboxylic acids is 1. The van der Waals surface area contributed by atoms with Gasteiger partial charge < -0.3 is 24.5 Å². The van der Waals surface area contributed by atoms with Gasteiger partial charge in [0.05, 0.1) is 37.2 Å². The molecule has 0 radical (unpaired) electrons. The zero-order chi connectivity index (χ0) is 26.7. The third-order valence-corrected chi connectivity index (χ3v) is 6.64. The van der Waals surface area contributed by atoms with Gasteiger partial charge in [-0.05, 0) is 31.4 Å². The smallest absolute Gasteiger partial charge is 0.264 e. The molecule has 0 bridgehead atoms. The molecule has 196 valence electrons. The summed E-state index contributed by atoms with van der Waals surface area (Å²) in [6, 6.07) is 5.88. The van der Waals surface area contributed by atoms with Crippen LogP contribution in [-0.4, -0.2) is 53.2 Å². The number of halogens is 2. The lowest BCUT2D eigenvalue weighted by Crippen LogP contribution is -2.34. The molecule has 8 nitrogen and oxygen atoms in total. The quantitative estimate of drug-likeness (QED) is 0.462. The average molecular weight is 514 g/mol. The number of nitrogens with zero attached hydrogens (tertiary/aromatic N) is 2. The van der Waals surface area contributed by atoms with Crippen molar-refractivity contribution in [2.45, 2.75) is 38.5 Å². The van der Waals surface area contributed by atoms with Crippen LogP contribution in [0.25, 0.3) is 11.1 Å². The number of unbranched alkanes of at least 4 members (excludes halogenated alkanes) is 1. The van der Waals surface area contributed by atoms with E-state index in [4.69, 9.17) is 9.47 Å². The van der Waals surface area contributed by atoms with E-state index < -0.39 is 40.3 Å². The second-order valence-electron chi connectivity index (χ2n) is 8.93. The average Bonchev–Trinajstić information content (AvgIpc) is 3.37. The third kappa shape index (κ3) is 5.00. The van der Waals surface area contributed by atoms with Crippen molar-refractivity contribution in [1.29, 1.82) is 0 Å². The Bertz CT molecular complexity index is 1350. The lowest BCUT2D eigenvalue weighted by atomic mass is 9.95. The summed E-state index contributed by atoms with van der Waals surface area (Å²) < 4.78 is 38.6. The molecular formula is C27H29F2N3O5. The zero-order valence-corrected chi connectivity index (χ0v) is 20.9. The summed E-state index contributed by atoms with van der Waals surface area (Å²) >= 11 is 0. The number of amides is 1. The number of hydrogen-bond donors (Lipinski definition) is 2. The fraction of sp³-hybridized carbons (Fsp3) is 0.370. The summed E-state index contributed by atoms with van der Waals surface area (Å²) in [5.74, 6) is -2.41. The molecule has 1 aliphatic rings. The van der Waals surface area contributed by atoms with Crippen LogP contribution in [0.5, 0.6) is 17.2 Å². The molecule has 1 aliphatic heterocycles. The molecule has 2 aromatic heterocycles. The van der Waals surface area contributed by atoms with Gasteiger partial charge in [0, 0.05) is 30.8 Å².